The topological polar surface area (TPSA) is 49.8 Å². The van der Waals surface area contributed by atoms with Gasteiger partial charge in [0, 0.05) is 6.54 Å². The Bertz CT molecular complexity index is 490. The summed E-state index contributed by atoms with van der Waals surface area (Å²) in [7, 11) is 0. The van der Waals surface area contributed by atoms with Crippen molar-refractivity contribution in [1.29, 1.82) is 0 Å². The van der Waals surface area contributed by atoms with Crippen LogP contribution in [0, 0.1) is 6.92 Å². The smallest absolute Gasteiger partial charge is 0.410 e. The van der Waals surface area contributed by atoms with Crippen LogP contribution in [0.25, 0.3) is 0 Å². The van der Waals surface area contributed by atoms with Crippen molar-refractivity contribution in [1.82, 2.24) is 4.90 Å². The molecule has 116 valence electrons. The molecule has 1 saturated heterocycles. The molecular formula is C17H25NO3. The fraction of sp³-hybridized carbons (Fsp3) is 0.588. The molecule has 0 saturated carbocycles. The van der Waals surface area contributed by atoms with Crippen LogP contribution in [0.4, 0.5) is 4.79 Å². The highest BCUT2D eigenvalue weighted by Crippen LogP contribution is 2.30. The summed E-state index contributed by atoms with van der Waals surface area (Å²) in [6.45, 7) is 8.21. The molecule has 1 fully saturated rings. The van der Waals surface area contributed by atoms with E-state index >= 15 is 0 Å². The molecule has 1 aromatic rings. The molecule has 1 heterocycles. The molecule has 1 aliphatic heterocycles. The number of hydrogen-bond acceptors (Lipinski definition) is 3. The number of aliphatic hydroxyl groups excluding tert-OH is 1. The third-order valence-corrected chi connectivity index (χ3v) is 3.71. The van der Waals surface area contributed by atoms with Gasteiger partial charge in [-0.15, -0.1) is 0 Å². The van der Waals surface area contributed by atoms with Crippen molar-refractivity contribution < 1.29 is 14.6 Å². The second-order valence-electron chi connectivity index (χ2n) is 6.74. The normalized spacial score (nSPS) is 20.4. The highest BCUT2D eigenvalue weighted by molar-refractivity contribution is 5.69. The number of carbonyl (C=O) groups is 1. The first kappa shape index (κ1) is 15.8. The zero-order chi connectivity index (χ0) is 15.6. The quantitative estimate of drug-likeness (QED) is 0.908. The van der Waals surface area contributed by atoms with E-state index in [-0.39, 0.29) is 12.1 Å². The summed E-state index contributed by atoms with van der Waals surface area (Å²) >= 11 is 0. The van der Waals surface area contributed by atoms with Gasteiger partial charge < -0.3 is 14.7 Å². The Morgan fingerprint density at radius 2 is 1.95 bits per heavy atom. The van der Waals surface area contributed by atoms with Gasteiger partial charge in [0.2, 0.25) is 0 Å². The number of hydrogen-bond donors (Lipinski definition) is 1. The molecule has 0 spiro atoms. The number of carbonyl (C=O) groups excluding carboxylic acids is 1. The number of nitrogens with zero attached hydrogens (tertiary/aromatic N) is 1. The molecule has 1 unspecified atom stereocenters. The summed E-state index contributed by atoms with van der Waals surface area (Å²) in [5.74, 6) is 0. The zero-order valence-corrected chi connectivity index (χ0v) is 13.3. The SMILES string of the molecule is Cc1ccc(C(O)[C@@H]2CCCN2C(=O)OC(C)(C)C)cc1. The lowest BCUT2D eigenvalue weighted by atomic mass is 9.99. The summed E-state index contributed by atoms with van der Waals surface area (Å²) in [5.41, 5.74) is 1.49. The van der Waals surface area contributed by atoms with Gasteiger partial charge in [-0.1, -0.05) is 29.8 Å². The minimum atomic E-state index is -0.666. The lowest BCUT2D eigenvalue weighted by Crippen LogP contribution is -2.42. The van der Waals surface area contributed by atoms with E-state index in [1.807, 2.05) is 52.0 Å². The molecule has 4 nitrogen and oxygen atoms in total. The standard InChI is InChI=1S/C17H25NO3/c1-12-7-9-13(10-8-12)15(19)14-6-5-11-18(14)16(20)21-17(2,3)4/h7-10,14-15,19H,5-6,11H2,1-4H3/t14-,15?/m0/s1. The van der Waals surface area contributed by atoms with Gasteiger partial charge in [-0.25, -0.2) is 4.79 Å². The van der Waals surface area contributed by atoms with E-state index in [1.165, 1.54) is 0 Å². The molecule has 0 aliphatic carbocycles. The van der Waals surface area contributed by atoms with Crippen LogP contribution < -0.4 is 0 Å². The molecule has 1 N–H and O–H groups in total. The monoisotopic (exact) mass is 291 g/mol. The van der Waals surface area contributed by atoms with E-state index in [9.17, 15) is 9.90 Å². The van der Waals surface area contributed by atoms with E-state index in [1.54, 1.807) is 4.90 Å². The average molecular weight is 291 g/mol. The predicted octanol–water partition coefficient (Wildman–Crippen LogP) is 3.43. The van der Waals surface area contributed by atoms with Crippen LogP contribution in [0.3, 0.4) is 0 Å². The minimum absolute atomic E-state index is 0.206. The van der Waals surface area contributed by atoms with Crippen molar-refractivity contribution in [2.75, 3.05) is 6.54 Å². The predicted molar refractivity (Wildman–Crippen MR) is 82.1 cm³/mol. The number of likely N-dealkylation sites (tertiary alicyclic amines) is 1. The van der Waals surface area contributed by atoms with Gasteiger partial charge in [0.1, 0.15) is 5.60 Å². The van der Waals surface area contributed by atoms with Crippen molar-refractivity contribution in [3.05, 3.63) is 35.4 Å². The summed E-state index contributed by atoms with van der Waals surface area (Å²) in [5, 5.41) is 10.6. The van der Waals surface area contributed by atoms with E-state index in [2.05, 4.69) is 0 Å². The van der Waals surface area contributed by atoms with Gasteiger partial charge in [0.25, 0.3) is 0 Å². The number of benzene rings is 1. The van der Waals surface area contributed by atoms with E-state index < -0.39 is 11.7 Å². The van der Waals surface area contributed by atoms with Crippen LogP contribution >= 0.6 is 0 Å². The van der Waals surface area contributed by atoms with E-state index in [0.29, 0.717) is 6.54 Å². The molecule has 21 heavy (non-hydrogen) atoms. The zero-order valence-electron chi connectivity index (χ0n) is 13.3. The second kappa shape index (κ2) is 6.06. The van der Waals surface area contributed by atoms with Crippen molar-refractivity contribution in [2.24, 2.45) is 0 Å². The molecule has 1 aromatic carbocycles. The molecule has 1 aliphatic rings. The second-order valence-corrected chi connectivity index (χ2v) is 6.74. The fourth-order valence-electron chi connectivity index (χ4n) is 2.65. The summed E-state index contributed by atoms with van der Waals surface area (Å²) in [6, 6.07) is 7.59. The van der Waals surface area contributed by atoms with Gasteiger partial charge in [-0.2, -0.15) is 0 Å². The molecule has 0 bridgehead atoms. The van der Waals surface area contributed by atoms with Crippen LogP contribution in [-0.4, -0.2) is 34.3 Å². The van der Waals surface area contributed by atoms with Crippen LogP contribution in [-0.2, 0) is 4.74 Å². The third kappa shape index (κ3) is 3.97. The van der Waals surface area contributed by atoms with Crippen LogP contribution in [0.15, 0.2) is 24.3 Å². The van der Waals surface area contributed by atoms with Gasteiger partial charge in [-0.3, -0.25) is 0 Å². The fourth-order valence-corrected chi connectivity index (χ4v) is 2.65. The summed E-state index contributed by atoms with van der Waals surface area (Å²) in [4.78, 5) is 13.9. The van der Waals surface area contributed by atoms with E-state index in [0.717, 1.165) is 24.0 Å². The largest absolute Gasteiger partial charge is 0.444 e. The van der Waals surface area contributed by atoms with Crippen LogP contribution in [0.1, 0.15) is 50.8 Å². The first-order valence-electron chi connectivity index (χ1n) is 7.52. The average Bonchev–Trinajstić information content (AvgIpc) is 2.86. The van der Waals surface area contributed by atoms with Crippen molar-refractivity contribution in [2.45, 2.75) is 58.3 Å². The van der Waals surface area contributed by atoms with Crippen molar-refractivity contribution in [3.63, 3.8) is 0 Å². The maximum Gasteiger partial charge on any atom is 0.410 e. The molecule has 0 radical (unpaired) electrons. The third-order valence-electron chi connectivity index (χ3n) is 3.71. The molecule has 2 rings (SSSR count). The minimum Gasteiger partial charge on any atom is -0.444 e. The first-order chi connectivity index (χ1) is 9.78. The Morgan fingerprint density at radius 3 is 2.52 bits per heavy atom. The molecule has 2 atom stereocenters. The molecule has 1 amide bonds. The van der Waals surface area contributed by atoms with Crippen LogP contribution in [0.5, 0.6) is 0 Å². The van der Waals surface area contributed by atoms with Gasteiger partial charge in [0.05, 0.1) is 12.1 Å². The highest BCUT2D eigenvalue weighted by atomic mass is 16.6. The van der Waals surface area contributed by atoms with Gasteiger partial charge >= 0.3 is 6.09 Å². The van der Waals surface area contributed by atoms with Crippen LogP contribution in [0.2, 0.25) is 0 Å². The van der Waals surface area contributed by atoms with Crippen molar-refractivity contribution in [3.8, 4) is 0 Å². The maximum absolute atomic E-state index is 12.3. The molecule has 0 aromatic heterocycles. The molecular weight excluding hydrogens is 266 g/mol. The Hall–Kier alpha value is -1.55. The Kier molecular flexibility index (Phi) is 4.57. The lowest BCUT2D eigenvalue weighted by Gasteiger charge is -2.31. The number of amides is 1. The summed E-state index contributed by atoms with van der Waals surface area (Å²) in [6.07, 6.45) is 0.693. The summed E-state index contributed by atoms with van der Waals surface area (Å²) < 4.78 is 5.43. The number of rotatable bonds is 2. The van der Waals surface area contributed by atoms with E-state index in [4.69, 9.17) is 4.74 Å². The highest BCUT2D eigenvalue weighted by Gasteiger charge is 2.36. The number of ether oxygens (including phenoxy) is 1. The number of aryl methyl sites for hydroxylation is 1. The van der Waals surface area contributed by atoms with Crippen molar-refractivity contribution >= 4 is 6.09 Å². The maximum atomic E-state index is 12.3. The Balaban J connectivity index is 2.10. The molecule has 4 heteroatoms. The Morgan fingerprint density at radius 1 is 1.33 bits per heavy atom. The first-order valence-corrected chi connectivity index (χ1v) is 7.52. The van der Waals surface area contributed by atoms with Gasteiger partial charge in [0.15, 0.2) is 0 Å². The number of aliphatic hydroxyl groups is 1. The van der Waals surface area contributed by atoms with Gasteiger partial charge in [-0.05, 0) is 46.1 Å². The Labute approximate surface area is 126 Å². The lowest BCUT2D eigenvalue weighted by molar-refractivity contribution is 0.00490.